The number of pyridine rings is 1. The van der Waals surface area contributed by atoms with Gasteiger partial charge in [-0.25, -0.2) is 0 Å². The first-order chi connectivity index (χ1) is 10.4. The first-order valence-electron chi connectivity index (χ1n) is 6.11. The van der Waals surface area contributed by atoms with Gasteiger partial charge in [0.1, 0.15) is 0 Å². The first-order valence-corrected chi connectivity index (χ1v) is 6.49. The summed E-state index contributed by atoms with van der Waals surface area (Å²) in [6.07, 6.45) is 0. The van der Waals surface area contributed by atoms with Crippen LogP contribution < -0.4 is 5.32 Å². The highest BCUT2D eigenvalue weighted by Crippen LogP contribution is 2.13. The zero-order valence-corrected chi connectivity index (χ0v) is 12.1. The highest BCUT2D eigenvalue weighted by Gasteiger charge is 2.18. The van der Waals surface area contributed by atoms with E-state index in [0.29, 0.717) is 10.7 Å². The summed E-state index contributed by atoms with van der Waals surface area (Å²) in [5.41, 5.74) is 0.540. The van der Waals surface area contributed by atoms with Crippen LogP contribution in [0.4, 0.5) is 5.82 Å². The van der Waals surface area contributed by atoms with Crippen LogP contribution in [0.2, 0.25) is 5.02 Å². The molecule has 1 aromatic heterocycles. The maximum Gasteiger partial charge on any atom is 0.364 e. The second kappa shape index (κ2) is 6.31. The molecule has 0 radical (unpaired) electrons. The number of benzene rings is 1. The standard InChI is InChI=1S/C14H10ClN3O4/c1-8-6-10(7-12(16-8)18(21)22)14(20)17-13(19)9-2-4-11(15)5-3-9/h2-7H,1H3,(H,17,19,20). The highest BCUT2D eigenvalue weighted by molar-refractivity contribution is 6.30. The van der Waals surface area contributed by atoms with Crippen molar-refractivity contribution in [1.29, 1.82) is 0 Å². The molecule has 0 spiro atoms. The second-order valence-electron chi connectivity index (χ2n) is 4.40. The van der Waals surface area contributed by atoms with Gasteiger partial charge in [0, 0.05) is 23.6 Å². The van der Waals surface area contributed by atoms with Gasteiger partial charge in [-0.2, -0.15) is 0 Å². The molecule has 2 aromatic rings. The second-order valence-corrected chi connectivity index (χ2v) is 4.84. The van der Waals surface area contributed by atoms with Crippen LogP contribution in [0.3, 0.4) is 0 Å². The quantitative estimate of drug-likeness (QED) is 0.532. The number of carbonyl (C=O) groups excluding carboxylic acids is 2. The third kappa shape index (κ3) is 3.64. The molecular weight excluding hydrogens is 310 g/mol. The average Bonchev–Trinajstić information content (AvgIpc) is 2.47. The fourth-order valence-corrected chi connectivity index (χ4v) is 1.85. The van der Waals surface area contributed by atoms with E-state index >= 15 is 0 Å². The van der Waals surface area contributed by atoms with Crippen molar-refractivity contribution in [3.8, 4) is 0 Å². The van der Waals surface area contributed by atoms with E-state index < -0.39 is 22.6 Å². The number of hydrogen-bond acceptors (Lipinski definition) is 5. The van der Waals surface area contributed by atoms with E-state index in [-0.39, 0.29) is 11.1 Å². The molecule has 0 saturated carbocycles. The number of aromatic nitrogens is 1. The Kier molecular flexibility index (Phi) is 4.47. The van der Waals surface area contributed by atoms with Gasteiger partial charge in [-0.15, -0.1) is 0 Å². The topological polar surface area (TPSA) is 102 Å². The number of halogens is 1. The summed E-state index contributed by atoms with van der Waals surface area (Å²) >= 11 is 5.71. The Hall–Kier alpha value is -2.80. The van der Waals surface area contributed by atoms with E-state index in [1.807, 2.05) is 0 Å². The summed E-state index contributed by atoms with van der Waals surface area (Å²) < 4.78 is 0. The molecule has 22 heavy (non-hydrogen) atoms. The Morgan fingerprint density at radius 3 is 2.32 bits per heavy atom. The van der Waals surface area contributed by atoms with E-state index in [9.17, 15) is 19.7 Å². The van der Waals surface area contributed by atoms with Gasteiger partial charge in [0.25, 0.3) is 11.8 Å². The number of imide groups is 1. The summed E-state index contributed by atoms with van der Waals surface area (Å²) in [5, 5.41) is 13.4. The van der Waals surface area contributed by atoms with Crippen molar-refractivity contribution >= 4 is 29.2 Å². The van der Waals surface area contributed by atoms with E-state index in [4.69, 9.17) is 11.6 Å². The monoisotopic (exact) mass is 319 g/mol. The smallest absolute Gasteiger partial charge is 0.358 e. The van der Waals surface area contributed by atoms with Crippen LogP contribution in [-0.4, -0.2) is 21.7 Å². The number of nitrogens with zero attached hydrogens (tertiary/aromatic N) is 2. The number of hydrogen-bond donors (Lipinski definition) is 1. The Labute approximate surface area is 130 Å². The third-order valence-electron chi connectivity index (χ3n) is 2.72. The van der Waals surface area contributed by atoms with Crippen molar-refractivity contribution in [2.24, 2.45) is 0 Å². The average molecular weight is 320 g/mol. The van der Waals surface area contributed by atoms with Crippen LogP contribution in [0.15, 0.2) is 36.4 Å². The molecule has 1 aromatic carbocycles. The molecule has 1 N–H and O–H groups in total. The van der Waals surface area contributed by atoms with Crippen LogP contribution >= 0.6 is 11.6 Å². The zero-order valence-electron chi connectivity index (χ0n) is 11.4. The SMILES string of the molecule is Cc1cc(C(=O)NC(=O)c2ccc(Cl)cc2)cc([N+](=O)[O-])n1. The number of nitro groups is 1. The van der Waals surface area contributed by atoms with Gasteiger partial charge in [-0.3, -0.25) is 14.9 Å². The fourth-order valence-electron chi connectivity index (χ4n) is 1.72. The first kappa shape index (κ1) is 15.6. The van der Waals surface area contributed by atoms with Crippen molar-refractivity contribution in [2.75, 3.05) is 0 Å². The highest BCUT2D eigenvalue weighted by atomic mass is 35.5. The summed E-state index contributed by atoms with van der Waals surface area (Å²) in [6, 6.07) is 8.33. The Bertz CT molecular complexity index is 759. The molecule has 8 heteroatoms. The Balaban J connectivity index is 2.20. The Morgan fingerprint density at radius 2 is 1.73 bits per heavy atom. The molecule has 0 aliphatic carbocycles. The zero-order chi connectivity index (χ0) is 16.3. The number of aryl methyl sites for hydroxylation is 1. The van der Waals surface area contributed by atoms with E-state index in [2.05, 4.69) is 10.3 Å². The van der Waals surface area contributed by atoms with Gasteiger partial charge in [0.05, 0.1) is 5.56 Å². The van der Waals surface area contributed by atoms with Crippen LogP contribution in [0.25, 0.3) is 0 Å². The van der Waals surface area contributed by atoms with Gasteiger partial charge < -0.3 is 10.1 Å². The molecule has 2 amide bonds. The molecule has 1 heterocycles. The molecule has 0 fully saturated rings. The third-order valence-corrected chi connectivity index (χ3v) is 2.97. The van der Waals surface area contributed by atoms with Gasteiger partial charge in [0.15, 0.2) is 5.69 Å². The van der Waals surface area contributed by atoms with Crippen LogP contribution in [0, 0.1) is 17.0 Å². The number of rotatable bonds is 3. The summed E-state index contributed by atoms with van der Waals surface area (Å²) in [4.78, 5) is 37.6. The van der Waals surface area contributed by atoms with Crippen molar-refractivity contribution in [1.82, 2.24) is 10.3 Å². The summed E-state index contributed by atoms with van der Waals surface area (Å²) in [7, 11) is 0. The van der Waals surface area contributed by atoms with E-state index in [1.54, 1.807) is 0 Å². The molecule has 0 saturated heterocycles. The molecule has 0 bridgehead atoms. The predicted molar refractivity (Wildman–Crippen MR) is 78.9 cm³/mol. The fraction of sp³-hybridized carbons (Fsp3) is 0.0714. The molecule has 2 rings (SSSR count). The molecule has 0 aliphatic heterocycles. The normalized spacial score (nSPS) is 10.1. The molecule has 0 atom stereocenters. The minimum atomic E-state index is -0.742. The van der Waals surface area contributed by atoms with Gasteiger partial charge in [-0.1, -0.05) is 11.6 Å². The number of nitrogens with one attached hydrogen (secondary N) is 1. The lowest BCUT2D eigenvalue weighted by Crippen LogP contribution is -2.30. The van der Waals surface area contributed by atoms with E-state index in [1.165, 1.54) is 37.3 Å². The largest absolute Gasteiger partial charge is 0.364 e. The molecule has 7 nitrogen and oxygen atoms in total. The summed E-state index contributed by atoms with van der Waals surface area (Å²) in [6.45, 7) is 1.52. The van der Waals surface area contributed by atoms with Crippen molar-refractivity contribution in [3.63, 3.8) is 0 Å². The maximum absolute atomic E-state index is 12.0. The minimum Gasteiger partial charge on any atom is -0.358 e. The maximum atomic E-state index is 12.0. The van der Waals surface area contributed by atoms with E-state index in [0.717, 1.165) is 6.07 Å². The lowest BCUT2D eigenvalue weighted by Gasteiger charge is -2.04. The minimum absolute atomic E-state index is 0.0125. The van der Waals surface area contributed by atoms with Crippen molar-refractivity contribution < 1.29 is 14.5 Å². The van der Waals surface area contributed by atoms with Crippen LogP contribution in [0.5, 0.6) is 0 Å². The summed E-state index contributed by atoms with van der Waals surface area (Å²) in [5.74, 6) is -1.82. The lowest BCUT2D eigenvalue weighted by atomic mass is 10.2. The van der Waals surface area contributed by atoms with Gasteiger partial charge in [-0.05, 0) is 40.2 Å². The predicted octanol–water partition coefficient (Wildman–Crippen LogP) is 2.52. The molecule has 0 unspecified atom stereocenters. The molecular formula is C14H10ClN3O4. The van der Waals surface area contributed by atoms with Crippen molar-refractivity contribution in [3.05, 3.63) is 68.4 Å². The van der Waals surface area contributed by atoms with Gasteiger partial charge >= 0.3 is 5.82 Å². The van der Waals surface area contributed by atoms with Crippen molar-refractivity contribution in [2.45, 2.75) is 6.92 Å². The Morgan fingerprint density at radius 1 is 1.14 bits per heavy atom. The van der Waals surface area contributed by atoms with Crippen LogP contribution in [-0.2, 0) is 0 Å². The van der Waals surface area contributed by atoms with Gasteiger partial charge in [0.2, 0.25) is 0 Å². The number of amides is 2. The van der Waals surface area contributed by atoms with Crippen LogP contribution in [0.1, 0.15) is 26.4 Å². The number of carbonyl (C=O) groups is 2. The molecule has 0 aliphatic rings. The lowest BCUT2D eigenvalue weighted by molar-refractivity contribution is -0.389. The molecule has 112 valence electrons.